The van der Waals surface area contributed by atoms with E-state index in [0.29, 0.717) is 0 Å². The van der Waals surface area contributed by atoms with Crippen LogP contribution in [-0.4, -0.2) is 18.9 Å². The number of carbonyl (C=O) groups excluding carboxylic acids is 1. The number of aldehydes is 1. The summed E-state index contributed by atoms with van der Waals surface area (Å²) in [6.45, 7) is 3.09. The third kappa shape index (κ3) is 4.75. The summed E-state index contributed by atoms with van der Waals surface area (Å²) < 4.78 is 0. The zero-order chi connectivity index (χ0) is 14.9. The molecule has 0 N–H and O–H groups in total. The average Bonchev–Trinajstić information content (AvgIpc) is 2.57. The summed E-state index contributed by atoms with van der Waals surface area (Å²) in [6.07, 6.45) is 4.44. The highest BCUT2D eigenvalue weighted by atomic mass is 16.1. The number of piperidine rings is 1. The van der Waals surface area contributed by atoms with Crippen molar-refractivity contribution < 1.29 is 4.79 Å². The minimum atomic E-state index is 0.0890. The molecule has 0 radical (unpaired) electrons. The first kappa shape index (κ1) is 15.3. The first-order chi connectivity index (χ1) is 10.3. The van der Waals surface area contributed by atoms with Gasteiger partial charge >= 0.3 is 0 Å². The Labute approximate surface area is 127 Å². The molecule has 3 rings (SSSR count). The van der Waals surface area contributed by atoms with E-state index >= 15 is 0 Å². The Bertz CT molecular complexity index is 524. The van der Waals surface area contributed by atoms with Gasteiger partial charge in [-0.05, 0) is 38.3 Å². The molecule has 2 aromatic rings. The Kier molecular flexibility index (Phi) is 6.01. The monoisotopic (exact) mass is 281 g/mol. The quantitative estimate of drug-likeness (QED) is 0.767. The lowest BCUT2D eigenvalue weighted by Gasteiger charge is -2.34. The van der Waals surface area contributed by atoms with Crippen LogP contribution in [-0.2, 0) is 4.79 Å². The number of anilines is 1. The topological polar surface area (TPSA) is 20.3 Å². The van der Waals surface area contributed by atoms with Gasteiger partial charge in [-0.2, -0.15) is 0 Å². The van der Waals surface area contributed by atoms with E-state index in [1.165, 1.54) is 24.1 Å². The molecule has 1 fully saturated rings. The Morgan fingerprint density at radius 2 is 1.57 bits per heavy atom. The largest absolute Gasteiger partial charge is 0.362 e. The summed E-state index contributed by atoms with van der Waals surface area (Å²) in [7, 11) is 0. The number of carbonyl (C=O) groups is 1. The zero-order valence-electron chi connectivity index (χ0n) is 12.6. The number of rotatable bonds is 2. The summed E-state index contributed by atoms with van der Waals surface area (Å²) in [6, 6.07) is 20.5. The molecule has 1 aliphatic heterocycles. The third-order valence-electron chi connectivity index (χ3n) is 3.73. The van der Waals surface area contributed by atoms with Crippen molar-refractivity contribution in [3.05, 3.63) is 66.2 Å². The maximum absolute atomic E-state index is 10.9. The van der Waals surface area contributed by atoms with Crippen LogP contribution in [0.2, 0.25) is 0 Å². The minimum Gasteiger partial charge on any atom is -0.362 e. The molecular weight excluding hydrogens is 258 g/mol. The van der Waals surface area contributed by atoms with Gasteiger partial charge in [0.05, 0.1) is 6.04 Å². The van der Waals surface area contributed by atoms with Crippen molar-refractivity contribution in [1.82, 2.24) is 0 Å². The van der Waals surface area contributed by atoms with E-state index in [1.54, 1.807) is 0 Å². The first-order valence-corrected chi connectivity index (χ1v) is 7.60. The van der Waals surface area contributed by atoms with Crippen LogP contribution in [0.1, 0.15) is 24.8 Å². The molecule has 1 saturated heterocycles. The van der Waals surface area contributed by atoms with Crippen molar-refractivity contribution in [3.8, 4) is 0 Å². The SMILES string of the molecule is Cc1ccccc1.O=CC1CCCCN1c1ccccc1. The molecule has 0 amide bonds. The Balaban J connectivity index is 0.000000194. The Morgan fingerprint density at radius 3 is 2.10 bits per heavy atom. The maximum Gasteiger partial charge on any atom is 0.142 e. The van der Waals surface area contributed by atoms with Gasteiger partial charge in [0.15, 0.2) is 0 Å². The predicted molar refractivity (Wildman–Crippen MR) is 88.7 cm³/mol. The molecule has 2 nitrogen and oxygen atoms in total. The van der Waals surface area contributed by atoms with E-state index < -0.39 is 0 Å². The number of benzene rings is 2. The Morgan fingerprint density at radius 1 is 0.952 bits per heavy atom. The van der Waals surface area contributed by atoms with E-state index in [9.17, 15) is 4.79 Å². The van der Waals surface area contributed by atoms with Gasteiger partial charge in [-0.3, -0.25) is 0 Å². The van der Waals surface area contributed by atoms with Gasteiger partial charge in [0.25, 0.3) is 0 Å². The molecule has 1 unspecified atom stereocenters. The van der Waals surface area contributed by atoms with Crippen molar-refractivity contribution in [1.29, 1.82) is 0 Å². The lowest BCUT2D eigenvalue weighted by Crippen LogP contribution is -2.40. The Hall–Kier alpha value is -2.09. The van der Waals surface area contributed by atoms with Crippen LogP contribution in [0.15, 0.2) is 60.7 Å². The molecule has 1 heterocycles. The van der Waals surface area contributed by atoms with Gasteiger partial charge in [0.1, 0.15) is 6.29 Å². The summed E-state index contributed by atoms with van der Waals surface area (Å²) in [5, 5.41) is 0. The van der Waals surface area contributed by atoms with Gasteiger partial charge in [0, 0.05) is 12.2 Å². The van der Waals surface area contributed by atoms with Crippen molar-refractivity contribution in [2.24, 2.45) is 0 Å². The van der Waals surface area contributed by atoms with Crippen molar-refractivity contribution >= 4 is 12.0 Å². The molecule has 0 spiro atoms. The standard InChI is InChI=1S/C12H15NO.C7H8/c14-10-12-8-4-5-9-13(12)11-6-2-1-3-7-11;1-7-5-3-2-4-6-7/h1-3,6-7,10,12H,4-5,8-9H2;2-6H,1H3. The molecule has 1 aliphatic rings. The highest BCUT2D eigenvalue weighted by Gasteiger charge is 2.21. The molecule has 110 valence electrons. The van der Waals surface area contributed by atoms with Crippen LogP contribution in [0.5, 0.6) is 0 Å². The molecule has 0 bridgehead atoms. The normalized spacial score (nSPS) is 17.6. The fourth-order valence-electron chi connectivity index (χ4n) is 2.57. The van der Waals surface area contributed by atoms with Crippen LogP contribution >= 0.6 is 0 Å². The summed E-state index contributed by atoms with van der Waals surface area (Å²) in [5.41, 5.74) is 2.49. The van der Waals surface area contributed by atoms with Gasteiger partial charge in [-0.1, -0.05) is 54.1 Å². The number of aryl methyl sites for hydroxylation is 1. The van der Waals surface area contributed by atoms with Gasteiger partial charge in [0.2, 0.25) is 0 Å². The second kappa shape index (κ2) is 8.25. The first-order valence-electron chi connectivity index (χ1n) is 7.60. The fraction of sp³-hybridized carbons (Fsp3) is 0.316. The lowest BCUT2D eigenvalue weighted by molar-refractivity contribution is -0.109. The number of para-hydroxylation sites is 1. The van der Waals surface area contributed by atoms with Crippen LogP contribution in [0.3, 0.4) is 0 Å². The summed E-state index contributed by atoms with van der Waals surface area (Å²) in [5.74, 6) is 0. The highest BCUT2D eigenvalue weighted by Crippen LogP contribution is 2.23. The van der Waals surface area contributed by atoms with E-state index in [2.05, 4.69) is 36.1 Å². The van der Waals surface area contributed by atoms with Crippen LogP contribution < -0.4 is 4.90 Å². The minimum absolute atomic E-state index is 0.0890. The summed E-state index contributed by atoms with van der Waals surface area (Å²) >= 11 is 0. The highest BCUT2D eigenvalue weighted by molar-refractivity contribution is 5.66. The number of nitrogens with zero attached hydrogens (tertiary/aromatic N) is 1. The van der Waals surface area contributed by atoms with Crippen LogP contribution in [0.4, 0.5) is 5.69 Å². The second-order valence-electron chi connectivity index (χ2n) is 5.38. The third-order valence-corrected chi connectivity index (χ3v) is 3.73. The predicted octanol–water partition coefficient (Wildman–Crippen LogP) is 4.24. The van der Waals surface area contributed by atoms with E-state index in [0.717, 1.165) is 19.3 Å². The van der Waals surface area contributed by atoms with Gasteiger partial charge < -0.3 is 9.69 Å². The van der Waals surface area contributed by atoms with E-state index in [4.69, 9.17) is 0 Å². The molecule has 0 saturated carbocycles. The molecule has 0 aliphatic carbocycles. The van der Waals surface area contributed by atoms with Crippen LogP contribution in [0.25, 0.3) is 0 Å². The average molecular weight is 281 g/mol. The number of hydrogen-bond donors (Lipinski definition) is 0. The van der Waals surface area contributed by atoms with Gasteiger partial charge in [-0.25, -0.2) is 0 Å². The fourth-order valence-corrected chi connectivity index (χ4v) is 2.57. The molecule has 21 heavy (non-hydrogen) atoms. The zero-order valence-corrected chi connectivity index (χ0v) is 12.6. The molecule has 2 aromatic carbocycles. The summed E-state index contributed by atoms with van der Waals surface area (Å²) in [4.78, 5) is 13.1. The van der Waals surface area contributed by atoms with Gasteiger partial charge in [-0.15, -0.1) is 0 Å². The molecule has 0 aromatic heterocycles. The van der Waals surface area contributed by atoms with Crippen LogP contribution in [0, 0.1) is 6.92 Å². The number of hydrogen-bond acceptors (Lipinski definition) is 2. The van der Waals surface area contributed by atoms with Crippen molar-refractivity contribution in [3.63, 3.8) is 0 Å². The van der Waals surface area contributed by atoms with Crippen molar-refractivity contribution in [2.45, 2.75) is 32.2 Å². The second-order valence-corrected chi connectivity index (χ2v) is 5.38. The lowest BCUT2D eigenvalue weighted by atomic mass is 10.0. The molecular formula is C19H23NO. The molecule has 1 atom stereocenters. The maximum atomic E-state index is 10.9. The van der Waals surface area contributed by atoms with Crippen molar-refractivity contribution in [2.75, 3.05) is 11.4 Å². The molecule has 2 heteroatoms. The van der Waals surface area contributed by atoms with E-state index in [1.807, 2.05) is 36.4 Å². The smallest absolute Gasteiger partial charge is 0.142 e. The van der Waals surface area contributed by atoms with E-state index in [-0.39, 0.29) is 6.04 Å².